The highest BCUT2D eigenvalue weighted by Crippen LogP contribution is 2.58. The molecule has 2 aliphatic rings. The van der Waals surface area contributed by atoms with Gasteiger partial charge in [0.1, 0.15) is 10.1 Å². The molecular formula is C12H15Cl2NO4. The summed E-state index contributed by atoms with van der Waals surface area (Å²) in [6.07, 6.45) is -0.742. The Kier molecular flexibility index (Phi) is 3.58. The number of amides is 2. The van der Waals surface area contributed by atoms with E-state index in [9.17, 15) is 14.7 Å². The second-order valence-corrected chi connectivity index (χ2v) is 6.61. The van der Waals surface area contributed by atoms with Crippen LogP contribution in [0.15, 0.2) is 10.1 Å². The molecule has 2 amide bonds. The number of rotatable bonds is 1. The Balaban J connectivity index is 2.20. The second-order valence-electron chi connectivity index (χ2n) is 5.66. The van der Waals surface area contributed by atoms with Crippen LogP contribution in [0.1, 0.15) is 20.8 Å². The molecule has 1 heterocycles. The molecule has 1 aliphatic heterocycles. The van der Waals surface area contributed by atoms with E-state index in [0.717, 1.165) is 4.90 Å². The fraction of sp³-hybridized carbons (Fsp3) is 0.667. The Labute approximate surface area is 121 Å². The Bertz CT molecular complexity index is 465. The van der Waals surface area contributed by atoms with Crippen LogP contribution in [0.2, 0.25) is 0 Å². The first-order valence-electron chi connectivity index (χ1n) is 5.91. The molecule has 3 atom stereocenters. The van der Waals surface area contributed by atoms with Crippen molar-refractivity contribution in [3.63, 3.8) is 0 Å². The number of likely N-dealkylation sites (tertiary alicyclic amines) is 1. The van der Waals surface area contributed by atoms with Crippen molar-refractivity contribution in [3.8, 4) is 0 Å². The number of imide groups is 1. The number of nitrogens with zero attached hydrogens (tertiary/aromatic N) is 1. The van der Waals surface area contributed by atoms with Gasteiger partial charge in [0.15, 0.2) is 0 Å². The van der Waals surface area contributed by atoms with E-state index in [1.165, 1.54) is 0 Å². The Morgan fingerprint density at radius 1 is 1.42 bits per heavy atom. The molecule has 1 saturated carbocycles. The number of carbonyl (C=O) groups is 2. The molecule has 19 heavy (non-hydrogen) atoms. The average Bonchev–Trinajstić information content (AvgIpc) is 2.90. The van der Waals surface area contributed by atoms with Gasteiger partial charge >= 0.3 is 6.09 Å². The van der Waals surface area contributed by atoms with Crippen molar-refractivity contribution < 1.29 is 19.4 Å². The number of hydrogen-bond donors (Lipinski definition) is 1. The van der Waals surface area contributed by atoms with E-state index in [-0.39, 0.29) is 17.0 Å². The monoisotopic (exact) mass is 307 g/mol. The molecule has 1 aliphatic carbocycles. The summed E-state index contributed by atoms with van der Waals surface area (Å²) in [4.78, 5) is 25.1. The average molecular weight is 308 g/mol. The van der Waals surface area contributed by atoms with E-state index < -0.39 is 29.6 Å². The summed E-state index contributed by atoms with van der Waals surface area (Å²) < 4.78 is 5.21. The molecule has 0 aromatic rings. The van der Waals surface area contributed by atoms with E-state index in [1.807, 2.05) is 0 Å². The van der Waals surface area contributed by atoms with Crippen molar-refractivity contribution in [2.75, 3.05) is 6.61 Å². The standard InChI is InChI=1S/C12H15Cl2NO4/c1-12(2,3)19-11(18)15-5(4-16)6-7(9(13)14)8(6)10(15)17/h5-6,8,16H,4H2,1-3H3/t5-,6+,8+/m1/s1. The lowest BCUT2D eigenvalue weighted by molar-refractivity contribution is -0.130. The van der Waals surface area contributed by atoms with Crippen LogP contribution in [0.5, 0.6) is 0 Å². The zero-order chi connectivity index (χ0) is 14.5. The number of piperidine rings is 1. The molecule has 0 aromatic carbocycles. The van der Waals surface area contributed by atoms with Crippen LogP contribution in [0.4, 0.5) is 4.79 Å². The van der Waals surface area contributed by atoms with Crippen molar-refractivity contribution in [1.29, 1.82) is 0 Å². The predicted octanol–water partition coefficient (Wildman–Crippen LogP) is 2.06. The number of fused-ring (bicyclic) bond motifs is 1. The lowest BCUT2D eigenvalue weighted by Gasteiger charge is -2.28. The first-order chi connectivity index (χ1) is 8.69. The lowest BCUT2D eigenvalue weighted by atomic mass is 10.2. The van der Waals surface area contributed by atoms with Crippen LogP contribution in [0, 0.1) is 11.8 Å². The highest BCUT2D eigenvalue weighted by atomic mass is 35.5. The minimum absolute atomic E-state index is 0.0469. The van der Waals surface area contributed by atoms with E-state index in [2.05, 4.69) is 0 Å². The van der Waals surface area contributed by atoms with E-state index in [4.69, 9.17) is 27.9 Å². The SMILES string of the molecule is CC(C)(C)OC(=O)N1C(=O)[C@@H]2C(=C(Cl)Cl)[C@@H]2[C@H]1CO. The van der Waals surface area contributed by atoms with E-state index in [0.29, 0.717) is 5.57 Å². The molecule has 5 nitrogen and oxygen atoms in total. The molecular weight excluding hydrogens is 293 g/mol. The number of carbonyl (C=O) groups excluding carboxylic acids is 2. The maximum absolute atomic E-state index is 12.1. The third kappa shape index (κ3) is 2.47. The highest BCUT2D eigenvalue weighted by molar-refractivity contribution is 6.56. The Hall–Kier alpha value is -0.780. The molecule has 0 radical (unpaired) electrons. The number of aliphatic hydroxyl groups is 1. The summed E-state index contributed by atoms with van der Waals surface area (Å²) in [6.45, 7) is 4.79. The maximum Gasteiger partial charge on any atom is 0.417 e. The van der Waals surface area contributed by atoms with Gasteiger partial charge < -0.3 is 9.84 Å². The molecule has 106 valence electrons. The van der Waals surface area contributed by atoms with Crippen LogP contribution < -0.4 is 0 Å². The minimum Gasteiger partial charge on any atom is -0.443 e. The molecule has 1 N–H and O–H groups in total. The zero-order valence-corrected chi connectivity index (χ0v) is 12.3. The Morgan fingerprint density at radius 2 is 2.00 bits per heavy atom. The van der Waals surface area contributed by atoms with Crippen molar-refractivity contribution in [2.45, 2.75) is 32.4 Å². The molecule has 0 aromatic heterocycles. The van der Waals surface area contributed by atoms with Crippen molar-refractivity contribution >= 4 is 35.2 Å². The van der Waals surface area contributed by atoms with Crippen LogP contribution in [-0.2, 0) is 9.53 Å². The molecule has 2 fully saturated rings. The van der Waals surface area contributed by atoms with Gasteiger partial charge in [-0.15, -0.1) is 0 Å². The fourth-order valence-electron chi connectivity index (χ4n) is 2.45. The van der Waals surface area contributed by atoms with Gasteiger partial charge in [0.25, 0.3) is 0 Å². The largest absolute Gasteiger partial charge is 0.443 e. The predicted molar refractivity (Wildman–Crippen MR) is 69.7 cm³/mol. The lowest BCUT2D eigenvalue weighted by Crippen LogP contribution is -2.46. The van der Waals surface area contributed by atoms with Gasteiger partial charge in [0.05, 0.1) is 18.6 Å². The first-order valence-corrected chi connectivity index (χ1v) is 6.66. The van der Waals surface area contributed by atoms with Gasteiger partial charge in [-0.25, -0.2) is 9.69 Å². The summed E-state index contributed by atoms with van der Waals surface area (Å²) in [5.41, 5.74) is -0.0976. The first kappa shape index (κ1) is 14.6. The molecule has 0 bridgehead atoms. The number of aliphatic hydroxyl groups excluding tert-OH is 1. The third-order valence-corrected chi connectivity index (χ3v) is 3.63. The maximum atomic E-state index is 12.1. The fourth-order valence-corrected chi connectivity index (χ4v) is 2.94. The molecule has 2 rings (SSSR count). The summed E-state index contributed by atoms with van der Waals surface area (Å²) in [5.74, 6) is -1.18. The van der Waals surface area contributed by atoms with E-state index >= 15 is 0 Å². The summed E-state index contributed by atoms with van der Waals surface area (Å²) in [5, 5.41) is 9.39. The number of halogens is 2. The van der Waals surface area contributed by atoms with E-state index in [1.54, 1.807) is 20.8 Å². The van der Waals surface area contributed by atoms with Crippen LogP contribution in [0.3, 0.4) is 0 Å². The zero-order valence-electron chi connectivity index (χ0n) is 10.8. The van der Waals surface area contributed by atoms with Crippen LogP contribution in [-0.4, -0.2) is 40.3 Å². The summed E-state index contributed by atoms with van der Waals surface area (Å²) >= 11 is 11.4. The van der Waals surface area contributed by atoms with Gasteiger partial charge in [0, 0.05) is 5.92 Å². The molecule has 7 heteroatoms. The van der Waals surface area contributed by atoms with Gasteiger partial charge in [0.2, 0.25) is 5.91 Å². The van der Waals surface area contributed by atoms with Crippen molar-refractivity contribution in [3.05, 3.63) is 10.1 Å². The van der Waals surface area contributed by atoms with Gasteiger partial charge in [-0.2, -0.15) is 0 Å². The molecule has 1 saturated heterocycles. The summed E-state index contributed by atoms with van der Waals surface area (Å²) in [7, 11) is 0. The second kappa shape index (κ2) is 4.65. The summed E-state index contributed by atoms with van der Waals surface area (Å²) in [6, 6.07) is -0.644. The van der Waals surface area contributed by atoms with Crippen molar-refractivity contribution in [2.24, 2.45) is 11.8 Å². The van der Waals surface area contributed by atoms with Crippen molar-refractivity contribution in [1.82, 2.24) is 4.90 Å². The van der Waals surface area contributed by atoms with Crippen LogP contribution in [0.25, 0.3) is 0 Å². The molecule has 0 spiro atoms. The number of hydrogen-bond acceptors (Lipinski definition) is 4. The Morgan fingerprint density at radius 3 is 2.42 bits per heavy atom. The quantitative estimate of drug-likeness (QED) is 0.805. The normalized spacial score (nSPS) is 29.4. The van der Waals surface area contributed by atoms with Gasteiger partial charge in [-0.1, -0.05) is 23.2 Å². The molecule has 0 unspecified atom stereocenters. The van der Waals surface area contributed by atoms with Gasteiger partial charge in [-0.05, 0) is 26.3 Å². The highest BCUT2D eigenvalue weighted by Gasteiger charge is 2.66. The van der Waals surface area contributed by atoms with Gasteiger partial charge in [-0.3, -0.25) is 4.79 Å². The minimum atomic E-state index is -0.742. The topological polar surface area (TPSA) is 66.8 Å². The smallest absolute Gasteiger partial charge is 0.417 e. The van der Waals surface area contributed by atoms with Crippen LogP contribution >= 0.6 is 23.2 Å². The number of ether oxygens (including phenoxy) is 1. The third-order valence-electron chi connectivity index (χ3n) is 3.19.